The molecule has 0 aliphatic rings. The first-order valence-corrected chi connectivity index (χ1v) is 8.13. The van der Waals surface area contributed by atoms with Gasteiger partial charge in [-0.25, -0.2) is 0 Å². The second-order valence-corrected chi connectivity index (χ2v) is 5.84. The van der Waals surface area contributed by atoms with Crippen LogP contribution in [0.1, 0.15) is 22.5 Å². The standard InChI is InChI=1S/C18H21F3N2O3/c1-23(13-18(19,20)21)10-5-9-22-17(24)16-14(8-11-25-16)12-26-15-6-3-2-4-7-15/h2-4,6-8,11H,5,9-10,12-13H2,1H3,(H,22,24). The molecule has 0 aliphatic carbocycles. The first-order chi connectivity index (χ1) is 12.3. The number of nitrogens with one attached hydrogen (secondary N) is 1. The molecule has 0 aliphatic heterocycles. The smallest absolute Gasteiger partial charge is 0.401 e. The van der Waals surface area contributed by atoms with Gasteiger partial charge in [0.1, 0.15) is 12.4 Å². The van der Waals surface area contributed by atoms with Crippen LogP contribution in [0.4, 0.5) is 13.2 Å². The maximum atomic E-state index is 12.2. The summed E-state index contributed by atoms with van der Waals surface area (Å²) < 4.78 is 47.5. The number of benzene rings is 1. The number of furan rings is 1. The summed E-state index contributed by atoms with van der Waals surface area (Å²) in [5, 5.41) is 2.65. The molecule has 1 aromatic heterocycles. The van der Waals surface area contributed by atoms with Crippen LogP contribution in [0.2, 0.25) is 0 Å². The zero-order valence-corrected chi connectivity index (χ0v) is 14.4. The number of amides is 1. The Balaban J connectivity index is 1.75. The summed E-state index contributed by atoms with van der Waals surface area (Å²) in [4.78, 5) is 13.3. The van der Waals surface area contributed by atoms with Crippen molar-refractivity contribution in [3.63, 3.8) is 0 Å². The number of carbonyl (C=O) groups excluding carboxylic acids is 1. The third kappa shape index (κ3) is 6.79. The van der Waals surface area contributed by atoms with Crippen LogP contribution in [0.5, 0.6) is 5.75 Å². The molecule has 1 N–H and O–H groups in total. The molecule has 0 fully saturated rings. The van der Waals surface area contributed by atoms with Gasteiger partial charge in [0.2, 0.25) is 0 Å². The Morgan fingerprint density at radius 2 is 1.96 bits per heavy atom. The van der Waals surface area contributed by atoms with Crippen molar-refractivity contribution < 1.29 is 27.1 Å². The minimum absolute atomic E-state index is 0.143. The summed E-state index contributed by atoms with van der Waals surface area (Å²) in [6, 6.07) is 10.8. The number of hydrogen-bond acceptors (Lipinski definition) is 4. The van der Waals surface area contributed by atoms with E-state index in [1.807, 2.05) is 18.2 Å². The van der Waals surface area contributed by atoms with E-state index in [1.165, 1.54) is 13.3 Å². The van der Waals surface area contributed by atoms with Crippen molar-refractivity contribution in [2.75, 3.05) is 26.7 Å². The molecule has 0 unspecified atom stereocenters. The molecule has 0 spiro atoms. The van der Waals surface area contributed by atoms with Crippen LogP contribution in [0.15, 0.2) is 47.1 Å². The summed E-state index contributed by atoms with van der Waals surface area (Å²) in [5.41, 5.74) is 0.598. The van der Waals surface area contributed by atoms with Crippen molar-refractivity contribution in [3.05, 3.63) is 54.0 Å². The summed E-state index contributed by atoms with van der Waals surface area (Å²) >= 11 is 0. The van der Waals surface area contributed by atoms with Gasteiger partial charge in [-0.1, -0.05) is 18.2 Å². The Morgan fingerprint density at radius 1 is 1.23 bits per heavy atom. The Kier molecular flexibility index (Phi) is 7.08. The summed E-state index contributed by atoms with van der Waals surface area (Å²) in [6.45, 7) is -0.319. The van der Waals surface area contributed by atoms with Crippen molar-refractivity contribution in [1.29, 1.82) is 0 Å². The molecule has 26 heavy (non-hydrogen) atoms. The largest absolute Gasteiger partial charge is 0.489 e. The molecule has 5 nitrogen and oxygen atoms in total. The lowest BCUT2D eigenvalue weighted by atomic mass is 10.2. The summed E-state index contributed by atoms with van der Waals surface area (Å²) in [5.74, 6) is 0.400. The number of nitrogens with zero attached hydrogens (tertiary/aromatic N) is 1. The third-order valence-corrected chi connectivity index (χ3v) is 3.54. The van der Waals surface area contributed by atoms with Crippen LogP contribution in [-0.2, 0) is 6.61 Å². The van der Waals surface area contributed by atoms with E-state index in [1.54, 1.807) is 18.2 Å². The van der Waals surface area contributed by atoms with Gasteiger partial charge >= 0.3 is 6.18 Å². The van der Waals surface area contributed by atoms with E-state index in [0.29, 0.717) is 17.7 Å². The zero-order chi connectivity index (χ0) is 19.0. The predicted octanol–water partition coefficient (Wildman–Crippen LogP) is 3.47. The molecule has 0 saturated carbocycles. The normalized spacial score (nSPS) is 11.6. The predicted molar refractivity (Wildman–Crippen MR) is 90.0 cm³/mol. The van der Waals surface area contributed by atoms with Gasteiger partial charge in [0.05, 0.1) is 12.8 Å². The fraction of sp³-hybridized carbons (Fsp3) is 0.389. The number of ether oxygens (including phenoxy) is 1. The van der Waals surface area contributed by atoms with Gasteiger partial charge in [0.15, 0.2) is 5.76 Å². The zero-order valence-electron chi connectivity index (χ0n) is 14.4. The molecule has 0 atom stereocenters. The molecule has 142 valence electrons. The summed E-state index contributed by atoms with van der Waals surface area (Å²) in [6.07, 6.45) is -2.43. The quantitative estimate of drug-likeness (QED) is 0.687. The van der Waals surface area contributed by atoms with Crippen LogP contribution in [0.3, 0.4) is 0 Å². The topological polar surface area (TPSA) is 54.7 Å². The minimum Gasteiger partial charge on any atom is -0.489 e. The fourth-order valence-corrected chi connectivity index (χ4v) is 2.34. The third-order valence-electron chi connectivity index (χ3n) is 3.54. The van der Waals surface area contributed by atoms with Gasteiger partial charge in [0.25, 0.3) is 5.91 Å². The molecule has 0 radical (unpaired) electrons. The van der Waals surface area contributed by atoms with Crippen molar-refractivity contribution in [3.8, 4) is 5.75 Å². The molecule has 8 heteroatoms. The monoisotopic (exact) mass is 370 g/mol. The number of para-hydroxylation sites is 1. The van der Waals surface area contributed by atoms with Crippen LogP contribution < -0.4 is 10.1 Å². The number of alkyl halides is 3. The minimum atomic E-state index is -4.22. The summed E-state index contributed by atoms with van der Waals surface area (Å²) in [7, 11) is 1.39. The highest BCUT2D eigenvalue weighted by Gasteiger charge is 2.28. The molecule has 1 aromatic carbocycles. The van der Waals surface area contributed by atoms with E-state index in [2.05, 4.69) is 5.32 Å². The fourth-order valence-electron chi connectivity index (χ4n) is 2.34. The molecule has 2 rings (SSSR count). The number of carbonyl (C=O) groups is 1. The van der Waals surface area contributed by atoms with E-state index in [-0.39, 0.29) is 25.5 Å². The number of rotatable bonds is 9. The van der Waals surface area contributed by atoms with E-state index >= 15 is 0 Å². The lowest BCUT2D eigenvalue weighted by molar-refractivity contribution is -0.143. The van der Waals surface area contributed by atoms with Gasteiger partial charge in [-0.3, -0.25) is 9.69 Å². The van der Waals surface area contributed by atoms with Gasteiger partial charge in [-0.2, -0.15) is 13.2 Å². The van der Waals surface area contributed by atoms with Crippen molar-refractivity contribution in [1.82, 2.24) is 10.2 Å². The average molecular weight is 370 g/mol. The van der Waals surface area contributed by atoms with E-state index < -0.39 is 18.6 Å². The van der Waals surface area contributed by atoms with Crippen LogP contribution in [-0.4, -0.2) is 43.7 Å². The van der Waals surface area contributed by atoms with Crippen molar-refractivity contribution in [2.45, 2.75) is 19.2 Å². The highest BCUT2D eigenvalue weighted by Crippen LogP contribution is 2.16. The first kappa shape index (κ1) is 19.8. The van der Waals surface area contributed by atoms with E-state index in [0.717, 1.165) is 4.90 Å². The van der Waals surface area contributed by atoms with Crippen LogP contribution in [0, 0.1) is 0 Å². The lowest BCUT2D eigenvalue weighted by Crippen LogP contribution is -2.33. The lowest BCUT2D eigenvalue weighted by Gasteiger charge is -2.18. The molecule has 2 aromatic rings. The highest BCUT2D eigenvalue weighted by molar-refractivity contribution is 5.92. The number of hydrogen-bond donors (Lipinski definition) is 1. The average Bonchev–Trinajstić information content (AvgIpc) is 3.05. The number of halogens is 3. The Bertz CT molecular complexity index is 686. The van der Waals surface area contributed by atoms with Gasteiger partial charge in [-0.05, 0) is 38.2 Å². The van der Waals surface area contributed by atoms with Gasteiger partial charge < -0.3 is 14.5 Å². The SMILES string of the molecule is CN(CCCNC(=O)c1occc1COc1ccccc1)CC(F)(F)F. The second-order valence-electron chi connectivity index (χ2n) is 5.84. The van der Waals surface area contributed by atoms with E-state index in [9.17, 15) is 18.0 Å². The van der Waals surface area contributed by atoms with Gasteiger partial charge in [0, 0.05) is 12.1 Å². The van der Waals surface area contributed by atoms with Gasteiger partial charge in [-0.15, -0.1) is 0 Å². The molecule has 1 heterocycles. The Hall–Kier alpha value is -2.48. The molecular formula is C18H21F3N2O3. The first-order valence-electron chi connectivity index (χ1n) is 8.13. The van der Waals surface area contributed by atoms with E-state index in [4.69, 9.17) is 9.15 Å². The molecule has 1 amide bonds. The Labute approximate surface area is 149 Å². The maximum absolute atomic E-state index is 12.2. The second kappa shape index (κ2) is 9.28. The molecular weight excluding hydrogens is 349 g/mol. The maximum Gasteiger partial charge on any atom is 0.401 e. The molecule has 0 saturated heterocycles. The highest BCUT2D eigenvalue weighted by atomic mass is 19.4. The van der Waals surface area contributed by atoms with Crippen molar-refractivity contribution >= 4 is 5.91 Å². The molecule has 0 bridgehead atoms. The Morgan fingerprint density at radius 3 is 2.65 bits per heavy atom. The van der Waals surface area contributed by atoms with Crippen molar-refractivity contribution in [2.24, 2.45) is 0 Å². The van der Waals surface area contributed by atoms with Crippen LogP contribution >= 0.6 is 0 Å². The van der Waals surface area contributed by atoms with Crippen LogP contribution in [0.25, 0.3) is 0 Å².